The van der Waals surface area contributed by atoms with Gasteiger partial charge in [-0.15, -0.1) is 0 Å². The van der Waals surface area contributed by atoms with Crippen molar-refractivity contribution in [1.82, 2.24) is 19.8 Å². The number of nitrogens with one attached hydrogen (secondary N) is 2. The third-order valence-corrected chi connectivity index (χ3v) is 5.58. The highest BCUT2D eigenvalue weighted by atomic mass is 16.2. The molecule has 0 spiro atoms. The number of hydrogen-bond donors (Lipinski definition) is 2. The number of imidazole rings is 1. The van der Waals surface area contributed by atoms with E-state index < -0.39 is 6.04 Å². The summed E-state index contributed by atoms with van der Waals surface area (Å²) in [6.45, 7) is 10.4. The summed E-state index contributed by atoms with van der Waals surface area (Å²) in [5.41, 5.74) is 1.80. The zero-order chi connectivity index (χ0) is 23.5. The summed E-state index contributed by atoms with van der Waals surface area (Å²) < 4.78 is 0. The highest BCUT2D eigenvalue weighted by Gasteiger charge is 2.37. The third kappa shape index (κ3) is 5.17. The van der Waals surface area contributed by atoms with Gasteiger partial charge in [-0.25, -0.2) is 4.98 Å². The van der Waals surface area contributed by atoms with Gasteiger partial charge in [0.15, 0.2) is 0 Å². The van der Waals surface area contributed by atoms with Gasteiger partial charge in [0, 0.05) is 36.3 Å². The largest absolute Gasteiger partial charge is 0.359 e. The molecule has 1 aromatic heterocycles. The molecule has 32 heavy (non-hydrogen) atoms. The van der Waals surface area contributed by atoms with Gasteiger partial charge in [-0.3, -0.25) is 9.59 Å². The molecular weight excluding hydrogens is 404 g/mol. The normalized spacial score (nSPS) is 18.2. The average Bonchev–Trinajstić information content (AvgIpc) is 3.41. The second kappa shape index (κ2) is 9.27. The van der Waals surface area contributed by atoms with Gasteiger partial charge in [0.1, 0.15) is 17.6 Å². The van der Waals surface area contributed by atoms with Crippen molar-refractivity contribution in [3.05, 3.63) is 60.3 Å². The maximum absolute atomic E-state index is 13.0. The SMILES string of the molecule is C=C(Nc1ccccc1)C1CC(C#N)N(C(=O)CN(C)C(=O)c2cnc(C(C)(C)C)[nH]2)C1. The molecule has 8 nitrogen and oxygen atoms in total. The highest BCUT2D eigenvalue weighted by molar-refractivity contribution is 5.94. The van der Waals surface area contributed by atoms with E-state index >= 15 is 0 Å². The van der Waals surface area contributed by atoms with Crippen molar-refractivity contribution in [1.29, 1.82) is 5.26 Å². The van der Waals surface area contributed by atoms with E-state index in [2.05, 4.69) is 27.9 Å². The molecule has 2 aromatic rings. The van der Waals surface area contributed by atoms with Crippen LogP contribution in [0.1, 0.15) is 43.5 Å². The Morgan fingerprint density at radius 2 is 2.03 bits per heavy atom. The van der Waals surface area contributed by atoms with E-state index in [0.717, 1.165) is 11.4 Å². The lowest BCUT2D eigenvalue weighted by Crippen LogP contribution is -2.43. The van der Waals surface area contributed by atoms with Gasteiger partial charge in [0.25, 0.3) is 5.91 Å². The molecule has 0 saturated carbocycles. The summed E-state index contributed by atoms with van der Waals surface area (Å²) in [6, 6.07) is 11.3. The van der Waals surface area contributed by atoms with Crippen LogP contribution in [0.25, 0.3) is 0 Å². The Bertz CT molecular complexity index is 1030. The first kappa shape index (κ1) is 23.1. The number of aromatic amines is 1. The van der Waals surface area contributed by atoms with Crippen LogP contribution >= 0.6 is 0 Å². The molecule has 0 aliphatic carbocycles. The zero-order valence-corrected chi connectivity index (χ0v) is 19.1. The Labute approximate surface area is 188 Å². The van der Waals surface area contributed by atoms with Gasteiger partial charge in [-0.1, -0.05) is 45.5 Å². The van der Waals surface area contributed by atoms with Crippen LogP contribution in [0.2, 0.25) is 0 Å². The maximum atomic E-state index is 13.0. The summed E-state index contributed by atoms with van der Waals surface area (Å²) in [5, 5.41) is 12.9. The van der Waals surface area contributed by atoms with E-state index in [1.165, 1.54) is 11.1 Å². The number of anilines is 1. The van der Waals surface area contributed by atoms with Crippen LogP contribution < -0.4 is 5.32 Å². The van der Waals surface area contributed by atoms with Gasteiger partial charge in [0.2, 0.25) is 5.91 Å². The lowest BCUT2D eigenvalue weighted by molar-refractivity contribution is -0.131. The Kier molecular flexibility index (Phi) is 6.68. The molecule has 3 rings (SSSR count). The second-order valence-electron chi connectivity index (χ2n) is 9.20. The minimum atomic E-state index is -0.551. The van der Waals surface area contributed by atoms with Crippen LogP contribution in [0.15, 0.2) is 48.8 Å². The predicted molar refractivity (Wildman–Crippen MR) is 123 cm³/mol. The van der Waals surface area contributed by atoms with Crippen molar-refractivity contribution in [2.24, 2.45) is 5.92 Å². The fraction of sp³-hybridized carbons (Fsp3) is 0.417. The number of H-pyrrole nitrogens is 1. The molecule has 1 saturated heterocycles. The lowest BCUT2D eigenvalue weighted by atomic mass is 9.96. The van der Waals surface area contributed by atoms with Crippen molar-refractivity contribution >= 4 is 17.5 Å². The van der Waals surface area contributed by atoms with Crippen molar-refractivity contribution in [3.63, 3.8) is 0 Å². The maximum Gasteiger partial charge on any atom is 0.272 e. The number of benzene rings is 1. The fourth-order valence-corrected chi connectivity index (χ4v) is 3.68. The second-order valence-corrected chi connectivity index (χ2v) is 9.20. The average molecular weight is 435 g/mol. The highest BCUT2D eigenvalue weighted by Crippen LogP contribution is 2.29. The van der Waals surface area contributed by atoms with Gasteiger partial charge in [-0.2, -0.15) is 5.26 Å². The van der Waals surface area contributed by atoms with E-state index in [0.29, 0.717) is 24.5 Å². The van der Waals surface area contributed by atoms with Gasteiger partial charge in [-0.05, 0) is 18.6 Å². The molecular formula is C24H30N6O2. The number of likely N-dealkylation sites (tertiary alicyclic amines) is 1. The van der Waals surface area contributed by atoms with Crippen molar-refractivity contribution in [3.8, 4) is 6.07 Å². The molecule has 2 heterocycles. The number of para-hydroxylation sites is 1. The van der Waals surface area contributed by atoms with Crippen molar-refractivity contribution in [2.45, 2.75) is 38.6 Å². The van der Waals surface area contributed by atoms with Crippen LogP contribution in [0.5, 0.6) is 0 Å². The van der Waals surface area contributed by atoms with Crippen LogP contribution in [0.3, 0.4) is 0 Å². The Hall–Kier alpha value is -3.60. The molecule has 1 aliphatic rings. The van der Waals surface area contributed by atoms with E-state index in [-0.39, 0.29) is 29.7 Å². The van der Waals surface area contributed by atoms with Crippen LogP contribution in [-0.2, 0) is 10.2 Å². The first-order valence-corrected chi connectivity index (χ1v) is 10.6. The van der Waals surface area contributed by atoms with E-state index in [1.807, 2.05) is 51.1 Å². The number of nitrogens with zero attached hydrogens (tertiary/aromatic N) is 4. The van der Waals surface area contributed by atoms with Crippen LogP contribution in [0, 0.1) is 17.2 Å². The molecule has 0 bridgehead atoms. The first-order valence-electron chi connectivity index (χ1n) is 10.6. The number of carbonyl (C=O) groups excluding carboxylic acids is 2. The van der Waals surface area contributed by atoms with Crippen LogP contribution in [0.4, 0.5) is 5.69 Å². The quantitative estimate of drug-likeness (QED) is 0.727. The van der Waals surface area contributed by atoms with Crippen LogP contribution in [-0.4, -0.2) is 57.8 Å². The molecule has 2 atom stereocenters. The summed E-state index contributed by atoms with van der Waals surface area (Å²) in [7, 11) is 1.57. The number of hydrogen-bond acceptors (Lipinski definition) is 5. The molecule has 2 N–H and O–H groups in total. The summed E-state index contributed by atoms with van der Waals surface area (Å²) in [6.07, 6.45) is 2.00. The van der Waals surface area contributed by atoms with Crippen molar-refractivity contribution < 1.29 is 9.59 Å². The van der Waals surface area contributed by atoms with Crippen molar-refractivity contribution in [2.75, 3.05) is 25.5 Å². The molecule has 168 valence electrons. The summed E-state index contributed by atoms with van der Waals surface area (Å²) in [5.74, 6) is 0.0717. The summed E-state index contributed by atoms with van der Waals surface area (Å²) >= 11 is 0. The molecule has 8 heteroatoms. The van der Waals surface area contributed by atoms with E-state index in [4.69, 9.17) is 0 Å². The van der Waals surface area contributed by atoms with Gasteiger partial charge >= 0.3 is 0 Å². The van der Waals surface area contributed by atoms with E-state index in [1.54, 1.807) is 11.9 Å². The Morgan fingerprint density at radius 3 is 2.62 bits per heavy atom. The molecule has 1 fully saturated rings. The van der Waals surface area contributed by atoms with Gasteiger partial charge in [0.05, 0.1) is 18.8 Å². The number of likely N-dealkylation sites (N-methyl/N-ethyl adjacent to an activating group) is 1. The molecule has 1 aromatic carbocycles. The predicted octanol–water partition coefficient (Wildman–Crippen LogP) is 3.15. The number of rotatable bonds is 6. The number of amides is 2. The molecule has 2 amide bonds. The smallest absolute Gasteiger partial charge is 0.272 e. The number of nitriles is 1. The standard InChI is InChI=1S/C24H30N6O2/c1-16(27-18-9-7-6-8-10-18)17-11-19(12-25)30(14-17)21(31)15-29(5)22(32)20-13-26-23(28-20)24(2,3)4/h6-10,13,17,19,27H,1,11,14-15H2,2-5H3,(H,26,28). The minimum absolute atomic E-state index is 0.0493. The zero-order valence-electron chi connectivity index (χ0n) is 19.1. The third-order valence-electron chi connectivity index (χ3n) is 5.58. The van der Waals surface area contributed by atoms with Gasteiger partial charge < -0.3 is 20.1 Å². The molecule has 2 unspecified atom stereocenters. The molecule has 1 aliphatic heterocycles. The monoisotopic (exact) mass is 434 g/mol. The fourth-order valence-electron chi connectivity index (χ4n) is 3.68. The Morgan fingerprint density at radius 1 is 1.34 bits per heavy atom. The minimum Gasteiger partial charge on any atom is -0.359 e. The number of carbonyl (C=O) groups is 2. The summed E-state index contributed by atoms with van der Waals surface area (Å²) in [4.78, 5) is 35.9. The number of aromatic nitrogens is 2. The Balaban J connectivity index is 1.62. The molecule has 0 radical (unpaired) electrons. The van der Waals surface area contributed by atoms with E-state index in [9.17, 15) is 14.9 Å². The topological polar surface area (TPSA) is 105 Å². The lowest BCUT2D eigenvalue weighted by Gasteiger charge is -2.24. The first-order chi connectivity index (χ1) is 15.1.